The van der Waals surface area contributed by atoms with Crippen LogP contribution < -0.4 is 4.74 Å². The Hall–Kier alpha value is -2.57. The van der Waals surface area contributed by atoms with Crippen molar-refractivity contribution in [1.82, 2.24) is 0 Å². The predicted molar refractivity (Wildman–Crippen MR) is 60.5 cm³/mol. The number of ether oxygens (including phenoxy) is 2. The molecule has 7 heteroatoms. The Labute approximate surface area is 101 Å². The van der Waals surface area contributed by atoms with Gasteiger partial charge in [-0.3, -0.25) is 10.1 Å². The van der Waals surface area contributed by atoms with Gasteiger partial charge in [-0.2, -0.15) is 0 Å². The minimum Gasteiger partial charge on any atom is -0.434 e. The molecule has 0 fully saturated rings. The summed E-state index contributed by atoms with van der Waals surface area (Å²) in [4.78, 5) is 21.1. The van der Waals surface area contributed by atoms with Crippen molar-refractivity contribution in [3.63, 3.8) is 0 Å². The molecule has 0 saturated heterocycles. The summed E-state index contributed by atoms with van der Waals surface area (Å²) in [7, 11) is 0. The Morgan fingerprint density at radius 1 is 1.44 bits per heavy atom. The number of furan rings is 1. The van der Waals surface area contributed by atoms with Gasteiger partial charge in [-0.1, -0.05) is 0 Å². The molecule has 94 valence electrons. The highest BCUT2D eigenvalue weighted by Gasteiger charge is 2.13. The van der Waals surface area contributed by atoms with Gasteiger partial charge in [0.25, 0.3) is 11.6 Å². The predicted octanol–water partition coefficient (Wildman–Crippen LogP) is 2.88. The summed E-state index contributed by atoms with van der Waals surface area (Å²) < 4.78 is 14.5. The molecular formula is C11H9NO6. The Bertz CT molecular complexity index is 603. The maximum Gasteiger partial charge on any atom is 0.516 e. The zero-order valence-corrected chi connectivity index (χ0v) is 9.41. The standard InChI is InChI=1S/C11H9NO6/c1-2-16-11(13)18-10-6-7-5-8(12(14)15)3-4-9(7)17-10/h3-6H,2H2,1H3. The summed E-state index contributed by atoms with van der Waals surface area (Å²) in [6, 6.07) is 5.46. The van der Waals surface area contributed by atoms with Crippen LogP contribution in [0.2, 0.25) is 0 Å². The van der Waals surface area contributed by atoms with Crippen LogP contribution in [0.1, 0.15) is 6.92 Å². The van der Waals surface area contributed by atoms with E-state index in [2.05, 4.69) is 4.74 Å². The molecule has 0 spiro atoms. The molecule has 0 amide bonds. The van der Waals surface area contributed by atoms with Gasteiger partial charge in [0.2, 0.25) is 0 Å². The van der Waals surface area contributed by atoms with Crippen LogP contribution in [0.25, 0.3) is 11.0 Å². The lowest BCUT2D eigenvalue weighted by Gasteiger charge is -1.98. The fraction of sp³-hybridized carbons (Fsp3) is 0.182. The van der Waals surface area contributed by atoms with Crippen LogP contribution in [0.15, 0.2) is 28.7 Å². The van der Waals surface area contributed by atoms with Crippen LogP contribution in [0.4, 0.5) is 10.5 Å². The first-order valence-corrected chi connectivity index (χ1v) is 5.12. The van der Waals surface area contributed by atoms with E-state index in [0.29, 0.717) is 11.0 Å². The fourth-order valence-corrected chi connectivity index (χ4v) is 1.40. The molecule has 0 aliphatic heterocycles. The number of carbonyl (C=O) groups is 1. The van der Waals surface area contributed by atoms with E-state index >= 15 is 0 Å². The second kappa shape index (κ2) is 4.74. The van der Waals surface area contributed by atoms with E-state index in [9.17, 15) is 14.9 Å². The second-order valence-electron chi connectivity index (χ2n) is 3.33. The van der Waals surface area contributed by atoms with Gasteiger partial charge in [0, 0.05) is 23.6 Å². The number of nitro groups is 1. The van der Waals surface area contributed by atoms with Gasteiger partial charge < -0.3 is 13.9 Å². The van der Waals surface area contributed by atoms with Crippen molar-refractivity contribution in [3.8, 4) is 5.95 Å². The lowest BCUT2D eigenvalue weighted by Crippen LogP contribution is -2.09. The number of non-ortho nitro benzene ring substituents is 1. The number of benzene rings is 1. The largest absolute Gasteiger partial charge is 0.516 e. The van der Waals surface area contributed by atoms with Crippen molar-refractivity contribution in [1.29, 1.82) is 0 Å². The van der Waals surface area contributed by atoms with Crippen LogP contribution >= 0.6 is 0 Å². The number of nitrogens with zero attached hydrogens (tertiary/aromatic N) is 1. The summed E-state index contributed by atoms with van der Waals surface area (Å²) in [5.41, 5.74) is 0.325. The molecule has 2 rings (SSSR count). The van der Waals surface area contributed by atoms with E-state index in [1.54, 1.807) is 6.92 Å². The van der Waals surface area contributed by atoms with Crippen LogP contribution in [0, 0.1) is 10.1 Å². The van der Waals surface area contributed by atoms with Gasteiger partial charge in [0.15, 0.2) is 0 Å². The van der Waals surface area contributed by atoms with E-state index in [4.69, 9.17) is 9.15 Å². The van der Waals surface area contributed by atoms with E-state index in [0.717, 1.165) is 0 Å². The molecule has 1 heterocycles. The number of rotatable bonds is 3. The van der Waals surface area contributed by atoms with Gasteiger partial charge in [-0.15, -0.1) is 0 Å². The molecule has 2 aromatic rings. The molecule has 7 nitrogen and oxygen atoms in total. The molecule has 18 heavy (non-hydrogen) atoms. The Morgan fingerprint density at radius 3 is 2.89 bits per heavy atom. The van der Waals surface area contributed by atoms with Crippen LogP contribution in [0.3, 0.4) is 0 Å². The monoisotopic (exact) mass is 251 g/mol. The fourth-order valence-electron chi connectivity index (χ4n) is 1.40. The molecule has 0 N–H and O–H groups in total. The first-order chi connectivity index (χ1) is 8.60. The van der Waals surface area contributed by atoms with Crippen molar-refractivity contribution < 1.29 is 23.6 Å². The van der Waals surface area contributed by atoms with Crippen molar-refractivity contribution in [2.24, 2.45) is 0 Å². The highest BCUT2D eigenvalue weighted by Crippen LogP contribution is 2.28. The highest BCUT2D eigenvalue weighted by molar-refractivity contribution is 5.81. The normalized spacial score (nSPS) is 10.3. The maximum atomic E-state index is 11.1. The first kappa shape index (κ1) is 11.9. The third kappa shape index (κ3) is 2.40. The molecule has 0 saturated carbocycles. The third-order valence-corrected chi connectivity index (χ3v) is 2.13. The molecule has 0 aliphatic rings. The number of carbonyl (C=O) groups excluding carboxylic acids is 1. The first-order valence-electron chi connectivity index (χ1n) is 5.12. The van der Waals surface area contributed by atoms with Gasteiger partial charge in [0.05, 0.1) is 11.5 Å². The summed E-state index contributed by atoms with van der Waals surface area (Å²) in [6.45, 7) is 1.83. The topological polar surface area (TPSA) is 91.8 Å². The van der Waals surface area contributed by atoms with Crippen molar-refractivity contribution in [2.75, 3.05) is 6.61 Å². The van der Waals surface area contributed by atoms with Gasteiger partial charge in [-0.25, -0.2) is 4.79 Å². The summed E-state index contributed by atoms with van der Waals surface area (Å²) in [6.07, 6.45) is -0.883. The molecule has 0 atom stereocenters. The number of nitro benzene ring substituents is 1. The third-order valence-electron chi connectivity index (χ3n) is 2.13. The highest BCUT2D eigenvalue weighted by atomic mass is 16.8. The number of hydrogen-bond donors (Lipinski definition) is 0. The van der Waals surface area contributed by atoms with E-state index in [-0.39, 0.29) is 18.2 Å². The minimum atomic E-state index is -0.883. The Balaban J connectivity index is 2.27. The lowest BCUT2D eigenvalue weighted by atomic mass is 10.2. The van der Waals surface area contributed by atoms with Gasteiger partial charge in [0.1, 0.15) is 5.58 Å². The smallest absolute Gasteiger partial charge is 0.434 e. The van der Waals surface area contributed by atoms with E-state index in [1.165, 1.54) is 24.3 Å². The molecule has 1 aromatic carbocycles. The average Bonchev–Trinajstić information content (AvgIpc) is 2.69. The summed E-state index contributed by atoms with van der Waals surface area (Å²) in [5.74, 6) is -0.0658. The average molecular weight is 251 g/mol. The van der Waals surface area contributed by atoms with Crippen molar-refractivity contribution in [2.45, 2.75) is 6.92 Å². The maximum absolute atomic E-state index is 11.1. The van der Waals surface area contributed by atoms with Crippen LogP contribution in [-0.4, -0.2) is 17.7 Å². The van der Waals surface area contributed by atoms with E-state index in [1.807, 2.05) is 0 Å². The van der Waals surface area contributed by atoms with Gasteiger partial charge >= 0.3 is 6.16 Å². The number of fused-ring (bicyclic) bond motifs is 1. The minimum absolute atomic E-state index is 0.0639. The van der Waals surface area contributed by atoms with Crippen LogP contribution in [0.5, 0.6) is 5.95 Å². The molecular weight excluding hydrogens is 242 g/mol. The second-order valence-corrected chi connectivity index (χ2v) is 3.33. The zero-order chi connectivity index (χ0) is 13.1. The van der Waals surface area contributed by atoms with E-state index < -0.39 is 11.1 Å². The SMILES string of the molecule is CCOC(=O)Oc1cc2cc([N+](=O)[O-])ccc2o1. The molecule has 0 radical (unpaired) electrons. The quantitative estimate of drug-likeness (QED) is 0.473. The lowest BCUT2D eigenvalue weighted by molar-refractivity contribution is -0.384. The number of hydrogen-bond acceptors (Lipinski definition) is 6. The van der Waals surface area contributed by atoms with Gasteiger partial charge in [-0.05, 0) is 13.0 Å². The summed E-state index contributed by atoms with van der Waals surface area (Å²) in [5, 5.41) is 11.1. The molecule has 0 bridgehead atoms. The summed E-state index contributed by atoms with van der Waals surface area (Å²) >= 11 is 0. The van der Waals surface area contributed by atoms with Crippen molar-refractivity contribution >= 4 is 22.8 Å². The Kier molecular flexibility index (Phi) is 3.13. The Morgan fingerprint density at radius 2 is 2.22 bits per heavy atom. The molecule has 0 unspecified atom stereocenters. The van der Waals surface area contributed by atoms with Crippen molar-refractivity contribution in [3.05, 3.63) is 34.4 Å². The van der Waals surface area contributed by atoms with Crippen LogP contribution in [-0.2, 0) is 4.74 Å². The zero-order valence-electron chi connectivity index (χ0n) is 9.41. The molecule has 0 aliphatic carbocycles. The molecule has 1 aromatic heterocycles.